The van der Waals surface area contributed by atoms with Crippen LogP contribution >= 0.6 is 0 Å². The molecular formula is C18H31N5O6. The van der Waals surface area contributed by atoms with E-state index in [0.717, 1.165) is 12.8 Å². The summed E-state index contributed by atoms with van der Waals surface area (Å²) in [5.74, 6) is -4.30. The molecule has 0 radical (unpaired) electrons. The minimum absolute atomic E-state index is 0.0379. The molecule has 0 aromatic rings. The lowest BCUT2D eigenvalue weighted by atomic mass is 10.0. The first kappa shape index (κ1) is 25.9. The summed E-state index contributed by atoms with van der Waals surface area (Å²) in [7, 11) is 0. The van der Waals surface area contributed by atoms with Crippen molar-refractivity contribution >= 4 is 29.7 Å². The van der Waals surface area contributed by atoms with Crippen LogP contribution in [-0.2, 0) is 19.2 Å². The van der Waals surface area contributed by atoms with Gasteiger partial charge in [0.05, 0.1) is 6.42 Å². The number of carboxylic acids is 2. The number of nitrogens with one attached hydrogen (secondary N) is 2. The van der Waals surface area contributed by atoms with Gasteiger partial charge < -0.3 is 32.3 Å². The van der Waals surface area contributed by atoms with E-state index in [1.54, 1.807) is 26.0 Å². The van der Waals surface area contributed by atoms with Crippen molar-refractivity contribution in [3.05, 3.63) is 12.2 Å². The Labute approximate surface area is 169 Å². The van der Waals surface area contributed by atoms with Gasteiger partial charge in [0.15, 0.2) is 5.96 Å². The fraction of sp³-hybridized carbons (Fsp3) is 0.611. The minimum Gasteiger partial charge on any atom is -0.481 e. The van der Waals surface area contributed by atoms with Gasteiger partial charge >= 0.3 is 11.9 Å². The number of aliphatic imine (C=N–C) groups is 1. The van der Waals surface area contributed by atoms with Crippen molar-refractivity contribution in [2.75, 3.05) is 6.54 Å². The quantitative estimate of drug-likeness (QED) is 0.0953. The van der Waals surface area contributed by atoms with Crippen LogP contribution in [0.5, 0.6) is 0 Å². The average Bonchev–Trinajstić information content (AvgIpc) is 2.59. The van der Waals surface area contributed by atoms with Gasteiger partial charge in [-0.2, -0.15) is 0 Å². The number of guanidine groups is 1. The first-order valence-electron chi connectivity index (χ1n) is 9.29. The number of rotatable bonds is 14. The smallest absolute Gasteiger partial charge is 0.326 e. The molecule has 164 valence electrons. The second-order valence-electron chi connectivity index (χ2n) is 6.76. The van der Waals surface area contributed by atoms with Gasteiger partial charge in [0.25, 0.3) is 0 Å². The van der Waals surface area contributed by atoms with Gasteiger partial charge in [-0.15, -0.1) is 0 Å². The lowest BCUT2D eigenvalue weighted by Gasteiger charge is -2.22. The molecular weight excluding hydrogens is 382 g/mol. The van der Waals surface area contributed by atoms with Crippen molar-refractivity contribution in [3.63, 3.8) is 0 Å². The summed E-state index contributed by atoms with van der Waals surface area (Å²) in [5.41, 5.74) is 10.4. The fourth-order valence-corrected chi connectivity index (χ4v) is 2.29. The van der Waals surface area contributed by atoms with Crippen LogP contribution < -0.4 is 22.1 Å². The number of hydrogen-bond donors (Lipinski definition) is 6. The Morgan fingerprint density at radius 3 is 2.21 bits per heavy atom. The van der Waals surface area contributed by atoms with Crippen LogP contribution in [0.25, 0.3) is 0 Å². The molecule has 0 aromatic carbocycles. The molecule has 0 aliphatic rings. The molecule has 0 bridgehead atoms. The highest BCUT2D eigenvalue weighted by Gasteiger charge is 2.29. The number of amides is 2. The molecule has 0 unspecified atom stereocenters. The predicted molar refractivity (Wildman–Crippen MR) is 107 cm³/mol. The third-order valence-corrected chi connectivity index (χ3v) is 3.80. The molecule has 0 aliphatic carbocycles. The number of carboxylic acid groups (broad SMARTS) is 2. The van der Waals surface area contributed by atoms with Gasteiger partial charge in [-0.3, -0.25) is 19.4 Å². The number of aliphatic carboxylic acids is 2. The van der Waals surface area contributed by atoms with E-state index in [4.69, 9.17) is 21.7 Å². The van der Waals surface area contributed by atoms with Crippen LogP contribution in [-0.4, -0.2) is 58.6 Å². The Morgan fingerprint density at radius 2 is 1.69 bits per heavy atom. The highest BCUT2D eigenvalue weighted by Crippen LogP contribution is 2.04. The van der Waals surface area contributed by atoms with Crippen LogP contribution in [0.4, 0.5) is 0 Å². The highest BCUT2D eigenvalue weighted by molar-refractivity contribution is 5.93. The monoisotopic (exact) mass is 413 g/mol. The van der Waals surface area contributed by atoms with Crippen LogP contribution in [0, 0.1) is 5.92 Å². The van der Waals surface area contributed by atoms with Crippen molar-refractivity contribution in [2.24, 2.45) is 22.4 Å². The zero-order valence-corrected chi connectivity index (χ0v) is 16.8. The zero-order valence-electron chi connectivity index (χ0n) is 16.8. The summed E-state index contributed by atoms with van der Waals surface area (Å²) >= 11 is 0. The van der Waals surface area contributed by atoms with Gasteiger partial charge in [0, 0.05) is 13.0 Å². The van der Waals surface area contributed by atoms with Gasteiger partial charge in [-0.25, -0.2) is 4.79 Å². The molecule has 0 aromatic heterocycles. The summed E-state index contributed by atoms with van der Waals surface area (Å²) in [6.07, 6.45) is 5.03. The third kappa shape index (κ3) is 12.8. The molecule has 0 spiro atoms. The summed E-state index contributed by atoms with van der Waals surface area (Å²) in [6, 6.07) is -2.55. The Hall–Kier alpha value is -3.11. The molecule has 11 nitrogen and oxygen atoms in total. The second kappa shape index (κ2) is 14.0. The Morgan fingerprint density at radius 1 is 1.03 bits per heavy atom. The normalized spacial score (nSPS) is 12.9. The highest BCUT2D eigenvalue weighted by atomic mass is 16.4. The number of nitrogens with two attached hydrogens (primary N) is 2. The van der Waals surface area contributed by atoms with Gasteiger partial charge in [0.2, 0.25) is 11.8 Å². The molecule has 0 rings (SSSR count). The summed E-state index contributed by atoms with van der Waals surface area (Å²) in [5, 5.41) is 22.7. The first-order chi connectivity index (χ1) is 13.5. The molecule has 29 heavy (non-hydrogen) atoms. The number of carbonyl (C=O) groups excluding carboxylic acids is 2. The van der Waals surface area contributed by atoms with E-state index in [0.29, 0.717) is 13.0 Å². The summed E-state index contributed by atoms with van der Waals surface area (Å²) < 4.78 is 0. The maximum absolute atomic E-state index is 12.3. The maximum atomic E-state index is 12.3. The molecule has 2 atom stereocenters. The fourth-order valence-electron chi connectivity index (χ4n) is 2.29. The largest absolute Gasteiger partial charge is 0.481 e. The lowest BCUT2D eigenvalue weighted by molar-refractivity contribution is -0.144. The summed E-state index contributed by atoms with van der Waals surface area (Å²) in [6.45, 7) is 3.73. The molecule has 0 saturated heterocycles. The van der Waals surface area contributed by atoms with Crippen LogP contribution in [0.1, 0.15) is 46.0 Å². The van der Waals surface area contributed by atoms with E-state index >= 15 is 0 Å². The Bertz CT molecular complexity index is 628. The van der Waals surface area contributed by atoms with E-state index in [1.165, 1.54) is 0 Å². The van der Waals surface area contributed by atoms with Gasteiger partial charge in [0.1, 0.15) is 12.1 Å². The Balaban J connectivity index is 4.58. The molecule has 0 saturated carbocycles. The van der Waals surface area contributed by atoms with Crippen molar-refractivity contribution in [1.29, 1.82) is 0 Å². The van der Waals surface area contributed by atoms with Crippen molar-refractivity contribution in [3.8, 4) is 0 Å². The number of carbonyl (C=O) groups is 4. The molecule has 0 aliphatic heterocycles. The van der Waals surface area contributed by atoms with E-state index in [9.17, 15) is 19.2 Å². The SMILES string of the molecule is CC(C)[C@H](NC(=O)[C@H](CC(=O)O)NC(=O)C/C=C/CCCCN=C(N)N)C(=O)O. The standard InChI is InChI=1S/C18H31N5O6/c1-11(2)15(17(28)29)23-16(27)12(10-14(25)26)22-13(24)8-6-4-3-5-7-9-21-18(19)20/h4,6,11-12,15H,3,5,7-10H2,1-2H3,(H,22,24)(H,23,27)(H,25,26)(H,28,29)(H4,19,20,21)/b6-4+/t12-,15-/m0/s1. The van der Waals surface area contributed by atoms with E-state index in [2.05, 4.69) is 15.6 Å². The van der Waals surface area contributed by atoms with Crippen LogP contribution in [0.2, 0.25) is 0 Å². The minimum atomic E-state index is -1.37. The molecule has 2 amide bonds. The topological polar surface area (TPSA) is 197 Å². The maximum Gasteiger partial charge on any atom is 0.326 e. The second-order valence-corrected chi connectivity index (χ2v) is 6.76. The van der Waals surface area contributed by atoms with Gasteiger partial charge in [-0.1, -0.05) is 26.0 Å². The van der Waals surface area contributed by atoms with Crippen LogP contribution in [0.3, 0.4) is 0 Å². The first-order valence-corrected chi connectivity index (χ1v) is 9.29. The average molecular weight is 413 g/mol. The van der Waals surface area contributed by atoms with Crippen molar-refractivity contribution < 1.29 is 29.4 Å². The summed E-state index contributed by atoms with van der Waals surface area (Å²) in [4.78, 5) is 50.3. The molecule has 0 heterocycles. The van der Waals surface area contributed by atoms with E-state index in [1.807, 2.05) is 0 Å². The van der Waals surface area contributed by atoms with Crippen molar-refractivity contribution in [2.45, 2.75) is 58.0 Å². The molecule has 8 N–H and O–H groups in total. The number of hydrogen-bond acceptors (Lipinski definition) is 5. The van der Waals surface area contributed by atoms with Gasteiger partial charge in [-0.05, 0) is 25.2 Å². The molecule has 11 heteroatoms. The van der Waals surface area contributed by atoms with Crippen molar-refractivity contribution in [1.82, 2.24) is 10.6 Å². The third-order valence-electron chi connectivity index (χ3n) is 3.80. The number of nitrogens with zero attached hydrogens (tertiary/aromatic N) is 1. The number of unbranched alkanes of at least 4 members (excludes halogenated alkanes) is 2. The lowest BCUT2D eigenvalue weighted by Crippen LogP contribution is -2.53. The number of allylic oxidation sites excluding steroid dienone is 1. The Kier molecular flexibility index (Phi) is 12.5. The zero-order chi connectivity index (χ0) is 22.4. The van der Waals surface area contributed by atoms with E-state index < -0.39 is 48.2 Å². The van der Waals surface area contributed by atoms with Crippen LogP contribution in [0.15, 0.2) is 17.1 Å². The van der Waals surface area contributed by atoms with E-state index in [-0.39, 0.29) is 12.4 Å². The molecule has 0 fully saturated rings. The predicted octanol–water partition coefficient (Wildman–Crippen LogP) is -0.439.